The van der Waals surface area contributed by atoms with Gasteiger partial charge in [-0.2, -0.15) is 0 Å². The highest BCUT2D eigenvalue weighted by atomic mass is 35.5. The minimum atomic E-state index is -0.258. The van der Waals surface area contributed by atoms with E-state index < -0.39 is 0 Å². The molecule has 0 fully saturated rings. The largest absolute Gasteiger partial charge is 0.497 e. The van der Waals surface area contributed by atoms with Gasteiger partial charge in [0.2, 0.25) is 0 Å². The van der Waals surface area contributed by atoms with Crippen LogP contribution in [0.25, 0.3) is 0 Å². The van der Waals surface area contributed by atoms with Crippen molar-refractivity contribution in [3.63, 3.8) is 0 Å². The maximum atomic E-state index is 11.5. The summed E-state index contributed by atoms with van der Waals surface area (Å²) in [5, 5.41) is 4.17. The molecule has 24 heavy (non-hydrogen) atoms. The summed E-state index contributed by atoms with van der Waals surface area (Å²) in [6.45, 7) is 0. The van der Waals surface area contributed by atoms with Crippen LogP contribution in [-0.2, 0) is 22.4 Å². The summed E-state index contributed by atoms with van der Waals surface area (Å²) in [5.74, 6) is 0.589. The predicted molar refractivity (Wildman–Crippen MR) is 94.9 cm³/mol. The van der Waals surface area contributed by atoms with Crippen LogP contribution in [0.1, 0.15) is 29.2 Å². The van der Waals surface area contributed by atoms with E-state index in [2.05, 4.69) is 17.4 Å². The van der Waals surface area contributed by atoms with Crippen LogP contribution in [0.5, 0.6) is 5.75 Å². The zero-order valence-corrected chi connectivity index (χ0v) is 14.5. The van der Waals surface area contributed by atoms with Crippen molar-refractivity contribution < 1.29 is 14.3 Å². The van der Waals surface area contributed by atoms with Gasteiger partial charge < -0.3 is 14.8 Å². The molecule has 4 nitrogen and oxygen atoms in total. The molecule has 0 spiro atoms. The summed E-state index contributed by atoms with van der Waals surface area (Å²) in [6, 6.07) is 12.2. The summed E-state index contributed by atoms with van der Waals surface area (Å²) < 4.78 is 9.93. The second-order valence-corrected chi connectivity index (χ2v) is 6.28. The van der Waals surface area contributed by atoms with Gasteiger partial charge >= 0.3 is 5.97 Å². The molecule has 1 unspecified atom stereocenters. The fourth-order valence-electron chi connectivity index (χ4n) is 3.06. The molecule has 0 amide bonds. The average Bonchev–Trinajstić information content (AvgIpc) is 2.61. The number of hydrogen-bond donors (Lipinski definition) is 1. The van der Waals surface area contributed by atoms with Gasteiger partial charge in [0, 0.05) is 0 Å². The highest BCUT2D eigenvalue weighted by Gasteiger charge is 2.22. The zero-order valence-electron chi connectivity index (χ0n) is 13.8. The third-order valence-corrected chi connectivity index (χ3v) is 4.65. The molecule has 0 saturated carbocycles. The third-order valence-electron chi connectivity index (χ3n) is 4.35. The van der Waals surface area contributed by atoms with Crippen LogP contribution in [0.3, 0.4) is 0 Å². The van der Waals surface area contributed by atoms with Gasteiger partial charge in [0.25, 0.3) is 0 Å². The van der Waals surface area contributed by atoms with E-state index in [-0.39, 0.29) is 18.4 Å². The molecule has 0 aliphatic carbocycles. The molecule has 3 rings (SSSR count). The van der Waals surface area contributed by atoms with Crippen molar-refractivity contribution in [3.8, 4) is 5.75 Å². The Labute approximate surface area is 146 Å². The SMILES string of the molecule is COC(=O)Cc1cc(Cl)c2c(c1)CCC(c1ccc(OC)cc1)N2. The number of carbonyl (C=O) groups excluding carboxylic acids is 1. The standard InChI is InChI=1S/C19H20ClNO3/c1-23-15-6-3-13(4-7-15)17-8-5-14-9-12(11-18(22)24-2)10-16(20)19(14)21-17/h3-4,6-7,9-10,17,21H,5,8,11H2,1-2H3. The molecule has 1 aliphatic rings. The quantitative estimate of drug-likeness (QED) is 0.845. The number of carbonyl (C=O) groups is 1. The Morgan fingerprint density at radius 1 is 1.25 bits per heavy atom. The van der Waals surface area contributed by atoms with E-state index in [9.17, 15) is 4.79 Å². The summed E-state index contributed by atoms with van der Waals surface area (Å²) in [7, 11) is 3.05. The molecule has 126 valence electrons. The molecule has 1 aliphatic heterocycles. The average molecular weight is 346 g/mol. The first-order valence-electron chi connectivity index (χ1n) is 7.89. The Bertz CT molecular complexity index is 743. The van der Waals surface area contributed by atoms with Gasteiger partial charge in [-0.25, -0.2) is 0 Å². The van der Waals surface area contributed by atoms with Gasteiger partial charge in [-0.15, -0.1) is 0 Å². The maximum Gasteiger partial charge on any atom is 0.309 e. The van der Waals surface area contributed by atoms with Gasteiger partial charge in [0.05, 0.1) is 37.4 Å². The fourth-order valence-corrected chi connectivity index (χ4v) is 3.37. The predicted octanol–water partition coefficient (Wildman–Crippen LogP) is 4.16. The van der Waals surface area contributed by atoms with Crippen LogP contribution in [0.4, 0.5) is 5.69 Å². The Morgan fingerprint density at radius 2 is 2.00 bits per heavy atom. The zero-order chi connectivity index (χ0) is 17.1. The second kappa shape index (κ2) is 7.14. The highest BCUT2D eigenvalue weighted by Crippen LogP contribution is 2.38. The van der Waals surface area contributed by atoms with E-state index in [0.29, 0.717) is 5.02 Å². The van der Waals surface area contributed by atoms with Crippen molar-refractivity contribution in [2.24, 2.45) is 0 Å². The lowest BCUT2D eigenvalue weighted by atomic mass is 9.92. The molecule has 1 atom stereocenters. The molecule has 5 heteroatoms. The molecule has 0 saturated heterocycles. The Morgan fingerprint density at radius 3 is 2.67 bits per heavy atom. The van der Waals surface area contributed by atoms with Crippen molar-refractivity contribution in [1.29, 1.82) is 0 Å². The Hall–Kier alpha value is -2.20. The van der Waals surface area contributed by atoms with Gasteiger partial charge in [0.15, 0.2) is 0 Å². The topological polar surface area (TPSA) is 47.6 Å². The van der Waals surface area contributed by atoms with Crippen LogP contribution in [-0.4, -0.2) is 20.2 Å². The van der Waals surface area contributed by atoms with Crippen molar-refractivity contribution in [2.75, 3.05) is 19.5 Å². The number of esters is 1. The molecule has 1 heterocycles. The van der Waals surface area contributed by atoms with Gasteiger partial charge in [-0.3, -0.25) is 4.79 Å². The molecule has 0 bridgehead atoms. The smallest absolute Gasteiger partial charge is 0.309 e. The van der Waals surface area contributed by atoms with E-state index in [4.69, 9.17) is 21.1 Å². The van der Waals surface area contributed by atoms with Gasteiger partial charge in [0.1, 0.15) is 5.75 Å². The Kier molecular flexibility index (Phi) is 4.95. The number of nitrogens with one attached hydrogen (secondary N) is 1. The number of benzene rings is 2. The summed E-state index contributed by atoms with van der Waals surface area (Å²) >= 11 is 6.44. The van der Waals surface area contributed by atoms with E-state index in [1.807, 2.05) is 24.3 Å². The molecular formula is C19H20ClNO3. The van der Waals surface area contributed by atoms with E-state index in [1.165, 1.54) is 12.7 Å². The second-order valence-electron chi connectivity index (χ2n) is 5.87. The van der Waals surface area contributed by atoms with Crippen LogP contribution >= 0.6 is 11.6 Å². The first-order chi connectivity index (χ1) is 11.6. The monoisotopic (exact) mass is 345 g/mol. The number of rotatable bonds is 4. The number of anilines is 1. The van der Waals surface area contributed by atoms with Crippen LogP contribution in [0, 0.1) is 0 Å². The van der Waals surface area contributed by atoms with Crippen LogP contribution in [0.2, 0.25) is 5.02 Å². The van der Waals surface area contributed by atoms with Crippen LogP contribution in [0.15, 0.2) is 36.4 Å². The molecule has 1 N–H and O–H groups in total. The normalized spacial score (nSPS) is 16.0. The van der Waals surface area contributed by atoms with E-state index in [0.717, 1.165) is 35.4 Å². The fraction of sp³-hybridized carbons (Fsp3) is 0.316. The molecule has 2 aromatic rings. The summed E-state index contributed by atoms with van der Waals surface area (Å²) in [5.41, 5.74) is 4.19. The number of halogens is 1. The molecule has 0 aromatic heterocycles. The lowest BCUT2D eigenvalue weighted by Crippen LogP contribution is -2.19. The van der Waals surface area contributed by atoms with Crippen molar-refractivity contribution >= 4 is 23.3 Å². The van der Waals surface area contributed by atoms with E-state index in [1.54, 1.807) is 7.11 Å². The van der Waals surface area contributed by atoms with Crippen molar-refractivity contribution in [3.05, 3.63) is 58.1 Å². The van der Waals surface area contributed by atoms with Crippen molar-refractivity contribution in [2.45, 2.75) is 25.3 Å². The Balaban J connectivity index is 1.81. The summed E-state index contributed by atoms with van der Waals surface area (Å²) in [6.07, 6.45) is 2.12. The van der Waals surface area contributed by atoms with Gasteiger partial charge in [-0.05, 0) is 47.7 Å². The number of aryl methyl sites for hydroxylation is 1. The van der Waals surface area contributed by atoms with Crippen LogP contribution < -0.4 is 10.1 Å². The number of fused-ring (bicyclic) bond motifs is 1. The summed E-state index contributed by atoms with van der Waals surface area (Å²) in [4.78, 5) is 11.5. The molecule has 0 radical (unpaired) electrons. The maximum absolute atomic E-state index is 11.5. The molecular weight excluding hydrogens is 326 g/mol. The lowest BCUT2D eigenvalue weighted by Gasteiger charge is -2.29. The lowest BCUT2D eigenvalue weighted by molar-refractivity contribution is -0.139. The minimum absolute atomic E-state index is 0.215. The van der Waals surface area contributed by atoms with Crippen molar-refractivity contribution in [1.82, 2.24) is 0 Å². The van der Waals surface area contributed by atoms with Gasteiger partial charge in [-0.1, -0.05) is 29.8 Å². The highest BCUT2D eigenvalue weighted by molar-refractivity contribution is 6.33. The molecule has 2 aromatic carbocycles. The van der Waals surface area contributed by atoms with E-state index >= 15 is 0 Å². The number of ether oxygens (including phenoxy) is 2. The number of methoxy groups -OCH3 is 2. The first kappa shape index (κ1) is 16.7. The number of hydrogen-bond acceptors (Lipinski definition) is 4. The minimum Gasteiger partial charge on any atom is -0.497 e. The third kappa shape index (κ3) is 3.49. The first-order valence-corrected chi connectivity index (χ1v) is 8.27.